The predicted molar refractivity (Wildman–Crippen MR) is 69.0 cm³/mol. The van der Waals surface area contributed by atoms with Gasteiger partial charge in [0, 0.05) is 5.70 Å². The number of nitrogens with zero attached hydrogens (tertiary/aromatic N) is 3. The Morgan fingerprint density at radius 3 is 2.70 bits per heavy atom. The number of hydrogen-bond donors (Lipinski definition) is 1. The number of carbonyl (C=O) groups excluding carboxylic acids is 2. The molecular formula is C12H16N4O4. The molecule has 108 valence electrons. The third kappa shape index (κ3) is 2.24. The van der Waals surface area contributed by atoms with Crippen LogP contribution in [0.1, 0.15) is 37.4 Å². The number of allylic oxidation sites excluding steroid dienone is 1. The van der Waals surface area contributed by atoms with Gasteiger partial charge in [-0.3, -0.25) is 0 Å². The fraction of sp³-hybridized carbons (Fsp3) is 0.500. The normalized spacial score (nSPS) is 17.3. The quantitative estimate of drug-likeness (QED) is 0.821. The van der Waals surface area contributed by atoms with Gasteiger partial charge in [0.25, 0.3) is 5.82 Å². The van der Waals surface area contributed by atoms with Gasteiger partial charge in [0.2, 0.25) is 5.95 Å². The molecule has 20 heavy (non-hydrogen) atoms. The highest BCUT2D eigenvalue weighted by Gasteiger charge is 2.31. The van der Waals surface area contributed by atoms with Gasteiger partial charge in [0.1, 0.15) is 0 Å². The fourth-order valence-corrected chi connectivity index (χ4v) is 2.06. The average Bonchev–Trinajstić information content (AvgIpc) is 2.82. The highest BCUT2D eigenvalue weighted by atomic mass is 16.5. The van der Waals surface area contributed by atoms with Crippen molar-refractivity contribution in [2.24, 2.45) is 0 Å². The molecule has 1 aromatic heterocycles. The van der Waals surface area contributed by atoms with Crippen LogP contribution in [0.2, 0.25) is 0 Å². The Labute approximate surface area is 115 Å². The SMILES string of the molecule is CCOC(=O)C1=C(C)Nc2nc(C(=O)OC)nn2C1C. The third-order valence-electron chi connectivity index (χ3n) is 2.98. The minimum Gasteiger partial charge on any atom is -0.463 e. The average molecular weight is 280 g/mol. The first-order valence-corrected chi connectivity index (χ1v) is 6.19. The summed E-state index contributed by atoms with van der Waals surface area (Å²) < 4.78 is 11.1. The lowest BCUT2D eigenvalue weighted by Gasteiger charge is -2.24. The van der Waals surface area contributed by atoms with Crippen LogP contribution in [0.5, 0.6) is 0 Å². The summed E-state index contributed by atoms with van der Waals surface area (Å²) in [4.78, 5) is 27.4. The first kappa shape index (κ1) is 14.0. The maximum absolute atomic E-state index is 12.0. The zero-order chi connectivity index (χ0) is 14.9. The zero-order valence-corrected chi connectivity index (χ0v) is 11.8. The standard InChI is InChI=1S/C12H16N4O4/c1-5-20-10(17)8-6(2)13-12-14-9(11(18)19-4)15-16(12)7(8)3/h7H,5H2,1-4H3,(H,13,14,15). The smallest absolute Gasteiger partial charge is 0.378 e. The second-order valence-electron chi connectivity index (χ2n) is 4.26. The van der Waals surface area contributed by atoms with E-state index in [9.17, 15) is 9.59 Å². The van der Waals surface area contributed by atoms with Crippen LogP contribution in [-0.4, -0.2) is 40.4 Å². The molecule has 0 saturated heterocycles. The van der Waals surface area contributed by atoms with Crippen LogP contribution in [0.15, 0.2) is 11.3 Å². The number of anilines is 1. The van der Waals surface area contributed by atoms with E-state index in [1.54, 1.807) is 20.8 Å². The van der Waals surface area contributed by atoms with Crippen LogP contribution in [0, 0.1) is 0 Å². The molecule has 2 rings (SSSR count). The maximum atomic E-state index is 12.0. The number of fused-ring (bicyclic) bond motifs is 1. The molecule has 0 bridgehead atoms. The number of ether oxygens (including phenoxy) is 2. The molecule has 1 atom stereocenters. The number of nitrogens with one attached hydrogen (secondary N) is 1. The van der Waals surface area contributed by atoms with Crippen LogP contribution in [0.3, 0.4) is 0 Å². The Kier molecular flexibility index (Phi) is 3.73. The van der Waals surface area contributed by atoms with Crippen LogP contribution in [0.25, 0.3) is 0 Å². The van der Waals surface area contributed by atoms with Gasteiger partial charge in [-0.2, -0.15) is 4.98 Å². The molecule has 1 N–H and O–H groups in total. The van der Waals surface area contributed by atoms with Crippen LogP contribution >= 0.6 is 0 Å². The Bertz CT molecular complexity index is 590. The molecule has 0 aromatic carbocycles. The van der Waals surface area contributed by atoms with Crippen molar-refractivity contribution in [3.05, 3.63) is 17.1 Å². The summed E-state index contributed by atoms with van der Waals surface area (Å²) in [5, 5.41) is 7.00. The molecule has 8 nitrogen and oxygen atoms in total. The monoisotopic (exact) mass is 280 g/mol. The van der Waals surface area contributed by atoms with E-state index in [0.29, 0.717) is 23.8 Å². The first-order valence-electron chi connectivity index (χ1n) is 6.19. The van der Waals surface area contributed by atoms with E-state index >= 15 is 0 Å². The predicted octanol–water partition coefficient (Wildman–Crippen LogP) is 0.888. The Morgan fingerprint density at radius 2 is 2.10 bits per heavy atom. The van der Waals surface area contributed by atoms with E-state index in [1.807, 2.05) is 0 Å². The van der Waals surface area contributed by atoms with Gasteiger partial charge in [-0.15, -0.1) is 5.10 Å². The molecule has 1 aliphatic heterocycles. The Balaban J connectivity index is 2.37. The molecule has 1 aromatic rings. The minimum atomic E-state index is -0.628. The molecular weight excluding hydrogens is 264 g/mol. The van der Waals surface area contributed by atoms with Crippen LogP contribution in [0.4, 0.5) is 5.95 Å². The minimum absolute atomic E-state index is 0.0558. The van der Waals surface area contributed by atoms with Gasteiger partial charge in [0.15, 0.2) is 0 Å². The van der Waals surface area contributed by atoms with E-state index < -0.39 is 11.9 Å². The number of carbonyl (C=O) groups is 2. The highest BCUT2D eigenvalue weighted by molar-refractivity contribution is 5.91. The van der Waals surface area contributed by atoms with Crippen molar-refractivity contribution >= 4 is 17.9 Å². The Morgan fingerprint density at radius 1 is 1.40 bits per heavy atom. The number of esters is 2. The summed E-state index contributed by atoms with van der Waals surface area (Å²) in [7, 11) is 1.26. The van der Waals surface area contributed by atoms with Crippen molar-refractivity contribution in [3.63, 3.8) is 0 Å². The molecule has 0 amide bonds. The molecule has 0 radical (unpaired) electrons. The number of methoxy groups -OCH3 is 1. The molecule has 1 unspecified atom stereocenters. The van der Waals surface area contributed by atoms with Crippen molar-refractivity contribution in [2.75, 3.05) is 19.0 Å². The van der Waals surface area contributed by atoms with E-state index in [4.69, 9.17) is 4.74 Å². The molecule has 0 spiro atoms. The summed E-state index contributed by atoms with van der Waals surface area (Å²) in [5.74, 6) is -0.704. The lowest BCUT2D eigenvalue weighted by atomic mass is 10.1. The zero-order valence-electron chi connectivity index (χ0n) is 11.8. The van der Waals surface area contributed by atoms with Crippen molar-refractivity contribution in [1.29, 1.82) is 0 Å². The highest BCUT2D eigenvalue weighted by Crippen LogP contribution is 2.30. The van der Waals surface area contributed by atoms with E-state index in [1.165, 1.54) is 11.8 Å². The molecule has 0 aliphatic carbocycles. The second-order valence-corrected chi connectivity index (χ2v) is 4.26. The summed E-state index contributed by atoms with van der Waals surface area (Å²) in [5.41, 5.74) is 1.09. The number of aromatic nitrogens is 3. The van der Waals surface area contributed by atoms with Crippen molar-refractivity contribution in [3.8, 4) is 0 Å². The lowest BCUT2D eigenvalue weighted by molar-refractivity contribution is -0.139. The summed E-state index contributed by atoms with van der Waals surface area (Å²) in [6, 6.07) is -0.379. The fourth-order valence-electron chi connectivity index (χ4n) is 2.06. The summed E-state index contributed by atoms with van der Waals surface area (Å²) >= 11 is 0. The van der Waals surface area contributed by atoms with Gasteiger partial charge in [-0.25, -0.2) is 14.3 Å². The third-order valence-corrected chi connectivity index (χ3v) is 2.98. The lowest BCUT2D eigenvalue weighted by Crippen LogP contribution is -2.27. The number of hydrogen-bond acceptors (Lipinski definition) is 7. The van der Waals surface area contributed by atoms with Crippen LogP contribution < -0.4 is 5.32 Å². The van der Waals surface area contributed by atoms with Gasteiger partial charge >= 0.3 is 11.9 Å². The van der Waals surface area contributed by atoms with Gasteiger partial charge < -0.3 is 14.8 Å². The molecule has 1 aliphatic rings. The van der Waals surface area contributed by atoms with E-state index in [2.05, 4.69) is 20.1 Å². The van der Waals surface area contributed by atoms with E-state index in [-0.39, 0.29) is 11.9 Å². The van der Waals surface area contributed by atoms with Gasteiger partial charge in [-0.05, 0) is 20.8 Å². The Hall–Kier alpha value is -2.38. The first-order chi connectivity index (χ1) is 9.49. The molecule has 0 saturated carbocycles. The summed E-state index contributed by atoms with van der Waals surface area (Å²) in [6.45, 7) is 5.57. The second kappa shape index (κ2) is 5.32. The van der Waals surface area contributed by atoms with Crippen LogP contribution in [-0.2, 0) is 14.3 Å². The molecule has 8 heteroatoms. The molecule has 2 heterocycles. The number of rotatable bonds is 3. The summed E-state index contributed by atoms with van der Waals surface area (Å²) in [6.07, 6.45) is 0. The van der Waals surface area contributed by atoms with E-state index in [0.717, 1.165) is 0 Å². The van der Waals surface area contributed by atoms with Crippen molar-refractivity contribution < 1.29 is 19.1 Å². The van der Waals surface area contributed by atoms with Crippen molar-refractivity contribution in [1.82, 2.24) is 14.8 Å². The molecule has 0 fully saturated rings. The van der Waals surface area contributed by atoms with Gasteiger partial charge in [-0.1, -0.05) is 0 Å². The van der Waals surface area contributed by atoms with Gasteiger partial charge in [0.05, 0.1) is 25.3 Å². The topological polar surface area (TPSA) is 95.3 Å². The largest absolute Gasteiger partial charge is 0.463 e. The maximum Gasteiger partial charge on any atom is 0.378 e. The van der Waals surface area contributed by atoms with Crippen molar-refractivity contribution in [2.45, 2.75) is 26.8 Å².